The lowest BCUT2D eigenvalue weighted by atomic mass is 9.84. The van der Waals surface area contributed by atoms with Crippen LogP contribution >= 0.6 is 23.4 Å². The largest absolute Gasteiger partial charge is 0.484 e. The Labute approximate surface area is 173 Å². The molecule has 0 aliphatic heterocycles. The van der Waals surface area contributed by atoms with Gasteiger partial charge < -0.3 is 14.5 Å². The van der Waals surface area contributed by atoms with Gasteiger partial charge in [0.2, 0.25) is 5.91 Å². The summed E-state index contributed by atoms with van der Waals surface area (Å²) in [6.07, 6.45) is 5.31. The minimum Gasteiger partial charge on any atom is -0.484 e. The van der Waals surface area contributed by atoms with E-state index in [2.05, 4.69) is 22.4 Å². The predicted octanol–water partition coefficient (Wildman–Crippen LogP) is 4.34. The maximum absolute atomic E-state index is 12.3. The molecule has 2 aromatic rings. The standard InChI is InChI=1S/C20H24ClN3O3S/c1-12(17-9-13-2-3-14(17)8-13)22-18(25)11-28-20-24-23-19(27-20)10-26-16-6-4-15(21)5-7-16/h4-7,12-14,17H,2-3,8-11H2,1H3,(H,22,25). The number of carbonyl (C=O) groups is 1. The molecule has 0 spiro atoms. The van der Waals surface area contributed by atoms with Gasteiger partial charge in [-0.1, -0.05) is 29.8 Å². The third-order valence-electron chi connectivity index (χ3n) is 5.77. The summed E-state index contributed by atoms with van der Waals surface area (Å²) in [5.41, 5.74) is 0. The monoisotopic (exact) mass is 421 g/mol. The third kappa shape index (κ3) is 4.81. The van der Waals surface area contributed by atoms with E-state index >= 15 is 0 Å². The second-order valence-corrected chi connectivity index (χ2v) is 9.05. The van der Waals surface area contributed by atoms with Crippen molar-refractivity contribution in [1.29, 1.82) is 0 Å². The number of nitrogens with one attached hydrogen (secondary N) is 1. The van der Waals surface area contributed by atoms with E-state index < -0.39 is 0 Å². The van der Waals surface area contributed by atoms with E-state index in [0.29, 0.717) is 27.8 Å². The fraction of sp³-hybridized carbons (Fsp3) is 0.550. The molecule has 2 bridgehead atoms. The van der Waals surface area contributed by atoms with E-state index in [1.165, 1.54) is 37.4 Å². The van der Waals surface area contributed by atoms with Crippen molar-refractivity contribution in [3.05, 3.63) is 35.2 Å². The van der Waals surface area contributed by atoms with E-state index in [4.69, 9.17) is 20.8 Å². The molecule has 2 fully saturated rings. The minimum absolute atomic E-state index is 0.0115. The zero-order valence-corrected chi connectivity index (χ0v) is 17.3. The number of carbonyl (C=O) groups excluding carboxylic acids is 1. The molecule has 6 nitrogen and oxygen atoms in total. The SMILES string of the molecule is CC(NC(=O)CSc1nnc(COc2ccc(Cl)cc2)o1)C1CC2CCC1C2. The lowest BCUT2D eigenvalue weighted by Crippen LogP contribution is -2.40. The summed E-state index contributed by atoms with van der Waals surface area (Å²) in [7, 11) is 0. The molecule has 4 rings (SSSR count). The van der Waals surface area contributed by atoms with Crippen molar-refractivity contribution >= 4 is 29.3 Å². The van der Waals surface area contributed by atoms with E-state index in [0.717, 1.165) is 11.8 Å². The van der Waals surface area contributed by atoms with Crippen LogP contribution in [0, 0.1) is 17.8 Å². The fourth-order valence-corrected chi connectivity index (χ4v) is 5.18. The molecular formula is C20H24ClN3O3S. The van der Waals surface area contributed by atoms with Gasteiger partial charge in [-0.15, -0.1) is 10.2 Å². The van der Waals surface area contributed by atoms with Crippen LogP contribution < -0.4 is 10.1 Å². The summed E-state index contributed by atoms with van der Waals surface area (Å²) < 4.78 is 11.1. The molecule has 1 N–H and O–H groups in total. The summed E-state index contributed by atoms with van der Waals surface area (Å²) in [6, 6.07) is 7.28. The molecule has 4 unspecified atom stereocenters. The normalized spacial score (nSPS) is 24.3. The molecule has 4 atom stereocenters. The molecule has 2 saturated carbocycles. The molecule has 1 amide bonds. The molecule has 28 heavy (non-hydrogen) atoms. The molecule has 2 aliphatic carbocycles. The summed E-state index contributed by atoms with van der Waals surface area (Å²) in [5.74, 6) is 3.64. The van der Waals surface area contributed by atoms with E-state index in [-0.39, 0.29) is 24.3 Å². The smallest absolute Gasteiger partial charge is 0.277 e. The number of aromatic nitrogens is 2. The number of rotatable bonds is 8. The number of halogens is 1. The van der Waals surface area contributed by atoms with Crippen LogP contribution in [-0.2, 0) is 11.4 Å². The minimum atomic E-state index is 0.0115. The maximum Gasteiger partial charge on any atom is 0.277 e. The molecular weight excluding hydrogens is 398 g/mol. The predicted molar refractivity (Wildman–Crippen MR) is 107 cm³/mol. The van der Waals surface area contributed by atoms with Crippen LogP contribution in [0.4, 0.5) is 0 Å². The highest BCUT2D eigenvalue weighted by molar-refractivity contribution is 7.99. The lowest BCUT2D eigenvalue weighted by molar-refractivity contribution is -0.119. The maximum atomic E-state index is 12.3. The highest BCUT2D eigenvalue weighted by Crippen LogP contribution is 2.49. The van der Waals surface area contributed by atoms with Crippen molar-refractivity contribution in [3.8, 4) is 5.75 Å². The van der Waals surface area contributed by atoms with Gasteiger partial charge in [-0.2, -0.15) is 0 Å². The first-order chi connectivity index (χ1) is 13.6. The topological polar surface area (TPSA) is 77.2 Å². The van der Waals surface area contributed by atoms with E-state index in [1.807, 2.05) is 0 Å². The van der Waals surface area contributed by atoms with Crippen LogP contribution in [0.2, 0.25) is 5.02 Å². The van der Waals surface area contributed by atoms with Crippen molar-refractivity contribution in [3.63, 3.8) is 0 Å². The molecule has 0 saturated heterocycles. The number of hydrogen-bond acceptors (Lipinski definition) is 6. The van der Waals surface area contributed by atoms with Gasteiger partial charge in [0.25, 0.3) is 11.1 Å². The van der Waals surface area contributed by atoms with Crippen molar-refractivity contribution in [1.82, 2.24) is 15.5 Å². The van der Waals surface area contributed by atoms with Crippen molar-refractivity contribution < 1.29 is 13.9 Å². The van der Waals surface area contributed by atoms with Crippen molar-refractivity contribution in [2.45, 2.75) is 50.5 Å². The Hall–Kier alpha value is -1.73. The number of ether oxygens (including phenoxy) is 1. The molecule has 0 radical (unpaired) electrons. The first-order valence-corrected chi connectivity index (χ1v) is 11.1. The fourth-order valence-electron chi connectivity index (χ4n) is 4.47. The summed E-state index contributed by atoms with van der Waals surface area (Å²) >= 11 is 7.09. The zero-order valence-electron chi connectivity index (χ0n) is 15.8. The van der Waals surface area contributed by atoms with Gasteiger partial charge in [0.15, 0.2) is 6.61 Å². The third-order valence-corrected chi connectivity index (χ3v) is 6.85. The van der Waals surface area contributed by atoms with Gasteiger partial charge in [0.1, 0.15) is 5.75 Å². The van der Waals surface area contributed by atoms with Crippen LogP contribution in [0.3, 0.4) is 0 Å². The Morgan fingerprint density at radius 1 is 1.32 bits per heavy atom. The first-order valence-electron chi connectivity index (χ1n) is 9.69. The van der Waals surface area contributed by atoms with Gasteiger partial charge in [0, 0.05) is 11.1 Å². The van der Waals surface area contributed by atoms with Gasteiger partial charge in [0.05, 0.1) is 5.75 Å². The van der Waals surface area contributed by atoms with Crippen LogP contribution in [0.25, 0.3) is 0 Å². The van der Waals surface area contributed by atoms with Gasteiger partial charge >= 0.3 is 0 Å². The van der Waals surface area contributed by atoms with Crippen LogP contribution in [0.15, 0.2) is 33.9 Å². The van der Waals surface area contributed by atoms with Crippen molar-refractivity contribution in [2.75, 3.05) is 5.75 Å². The number of thioether (sulfide) groups is 1. The molecule has 1 heterocycles. The number of nitrogens with zero attached hydrogens (tertiary/aromatic N) is 2. The van der Waals surface area contributed by atoms with Gasteiger partial charge in [-0.05, 0) is 68.2 Å². The average molecular weight is 422 g/mol. The van der Waals surface area contributed by atoms with Gasteiger partial charge in [-0.25, -0.2) is 0 Å². The van der Waals surface area contributed by atoms with Crippen LogP contribution in [0.1, 0.15) is 38.5 Å². The summed E-state index contributed by atoms with van der Waals surface area (Å²) in [6.45, 7) is 2.30. The second kappa shape index (κ2) is 8.74. The highest BCUT2D eigenvalue weighted by atomic mass is 35.5. The molecule has 150 valence electrons. The lowest BCUT2D eigenvalue weighted by Gasteiger charge is -2.28. The number of hydrogen-bond donors (Lipinski definition) is 1. The van der Waals surface area contributed by atoms with Crippen LogP contribution in [0.5, 0.6) is 5.75 Å². The van der Waals surface area contributed by atoms with Crippen LogP contribution in [-0.4, -0.2) is 27.9 Å². The molecule has 1 aromatic carbocycles. The van der Waals surface area contributed by atoms with E-state index in [1.54, 1.807) is 24.3 Å². The first kappa shape index (κ1) is 19.6. The molecule has 2 aliphatic rings. The number of fused-ring (bicyclic) bond motifs is 2. The molecule has 1 aromatic heterocycles. The van der Waals surface area contributed by atoms with E-state index in [9.17, 15) is 4.79 Å². The number of benzene rings is 1. The summed E-state index contributed by atoms with van der Waals surface area (Å²) in [4.78, 5) is 12.3. The number of amides is 1. The average Bonchev–Trinajstić information content (AvgIpc) is 3.43. The Balaban J connectivity index is 1.19. The Morgan fingerprint density at radius 3 is 2.86 bits per heavy atom. The quantitative estimate of drug-likeness (QED) is 0.639. The zero-order chi connectivity index (χ0) is 19.5. The van der Waals surface area contributed by atoms with Crippen molar-refractivity contribution in [2.24, 2.45) is 17.8 Å². The Kier molecular flexibility index (Phi) is 6.11. The molecule has 8 heteroatoms. The Bertz CT molecular complexity index is 813. The highest BCUT2D eigenvalue weighted by Gasteiger charge is 2.42. The Morgan fingerprint density at radius 2 is 2.14 bits per heavy atom. The summed E-state index contributed by atoms with van der Waals surface area (Å²) in [5, 5.41) is 12.1. The second-order valence-electron chi connectivity index (χ2n) is 7.69. The van der Waals surface area contributed by atoms with Gasteiger partial charge in [-0.3, -0.25) is 4.79 Å².